The third-order valence-corrected chi connectivity index (χ3v) is 4.74. The first-order valence-electron chi connectivity index (χ1n) is 6.21. The highest BCUT2D eigenvalue weighted by molar-refractivity contribution is 7.10. The molecule has 3 aromatic rings. The van der Waals surface area contributed by atoms with E-state index >= 15 is 0 Å². The number of aromatic nitrogens is 1. The SMILES string of the molecule is Cc1ccsc1C(C)(O)c1cccc2ccncc12. The number of pyridine rings is 1. The van der Waals surface area contributed by atoms with Crippen LogP contribution in [0.5, 0.6) is 0 Å². The van der Waals surface area contributed by atoms with Crippen LogP contribution in [0.4, 0.5) is 0 Å². The molecule has 0 aliphatic rings. The van der Waals surface area contributed by atoms with Crippen molar-refractivity contribution in [2.24, 2.45) is 0 Å². The highest BCUT2D eigenvalue weighted by Gasteiger charge is 2.30. The Labute approximate surface area is 116 Å². The fraction of sp³-hybridized carbons (Fsp3) is 0.188. The Bertz CT molecular complexity index is 725. The first kappa shape index (κ1) is 12.3. The average molecular weight is 269 g/mol. The van der Waals surface area contributed by atoms with Gasteiger partial charge < -0.3 is 5.11 Å². The second-order valence-corrected chi connectivity index (χ2v) is 5.82. The molecule has 96 valence electrons. The fourth-order valence-electron chi connectivity index (χ4n) is 2.53. The predicted octanol–water partition coefficient (Wildman–Crippen LogP) is 3.86. The van der Waals surface area contributed by atoms with Crippen molar-refractivity contribution in [3.63, 3.8) is 0 Å². The molecule has 0 saturated carbocycles. The number of fused-ring (bicyclic) bond motifs is 1. The lowest BCUT2D eigenvalue weighted by molar-refractivity contribution is 0.107. The normalized spacial score (nSPS) is 14.5. The molecule has 19 heavy (non-hydrogen) atoms. The molecule has 2 heterocycles. The molecule has 0 spiro atoms. The second-order valence-electron chi connectivity index (χ2n) is 4.91. The van der Waals surface area contributed by atoms with Gasteiger partial charge in [-0.3, -0.25) is 4.98 Å². The lowest BCUT2D eigenvalue weighted by atomic mass is 9.89. The van der Waals surface area contributed by atoms with E-state index in [4.69, 9.17) is 0 Å². The first-order chi connectivity index (χ1) is 9.10. The summed E-state index contributed by atoms with van der Waals surface area (Å²) in [6.07, 6.45) is 3.60. The smallest absolute Gasteiger partial charge is 0.122 e. The zero-order valence-corrected chi connectivity index (χ0v) is 11.7. The van der Waals surface area contributed by atoms with Crippen molar-refractivity contribution in [2.75, 3.05) is 0 Å². The van der Waals surface area contributed by atoms with Crippen LogP contribution in [-0.2, 0) is 5.60 Å². The van der Waals surface area contributed by atoms with Crippen LogP contribution in [-0.4, -0.2) is 10.1 Å². The van der Waals surface area contributed by atoms with Crippen LogP contribution in [0.1, 0.15) is 22.9 Å². The maximum atomic E-state index is 11.0. The molecule has 0 aliphatic heterocycles. The van der Waals surface area contributed by atoms with E-state index in [1.807, 2.05) is 55.8 Å². The van der Waals surface area contributed by atoms with Crippen LogP contribution in [0.15, 0.2) is 48.1 Å². The van der Waals surface area contributed by atoms with E-state index in [0.717, 1.165) is 26.8 Å². The topological polar surface area (TPSA) is 33.1 Å². The van der Waals surface area contributed by atoms with Crippen molar-refractivity contribution in [1.29, 1.82) is 0 Å². The summed E-state index contributed by atoms with van der Waals surface area (Å²) in [4.78, 5) is 5.17. The van der Waals surface area contributed by atoms with Gasteiger partial charge in [0.2, 0.25) is 0 Å². The Morgan fingerprint density at radius 3 is 2.79 bits per heavy atom. The molecule has 2 nitrogen and oxygen atoms in total. The molecule has 3 rings (SSSR count). The number of hydrogen-bond acceptors (Lipinski definition) is 3. The third-order valence-electron chi connectivity index (χ3n) is 3.51. The van der Waals surface area contributed by atoms with Gasteiger partial charge in [0.1, 0.15) is 5.60 Å². The van der Waals surface area contributed by atoms with E-state index < -0.39 is 5.60 Å². The fourth-order valence-corrected chi connectivity index (χ4v) is 3.53. The Kier molecular flexibility index (Phi) is 2.88. The largest absolute Gasteiger partial charge is 0.380 e. The summed E-state index contributed by atoms with van der Waals surface area (Å²) in [7, 11) is 0. The standard InChI is InChI=1S/C16H15NOS/c1-11-7-9-19-15(11)16(2,18)14-5-3-4-12-6-8-17-10-13(12)14/h3-10,18H,1-2H3. The molecule has 0 saturated heterocycles. The van der Waals surface area contributed by atoms with Gasteiger partial charge in [-0.25, -0.2) is 0 Å². The third kappa shape index (κ3) is 1.95. The van der Waals surface area contributed by atoms with Crippen LogP contribution in [0.25, 0.3) is 10.8 Å². The zero-order valence-electron chi connectivity index (χ0n) is 10.9. The van der Waals surface area contributed by atoms with E-state index in [2.05, 4.69) is 4.98 Å². The molecule has 1 atom stereocenters. The van der Waals surface area contributed by atoms with E-state index in [1.54, 1.807) is 17.5 Å². The van der Waals surface area contributed by atoms with Gasteiger partial charge in [-0.05, 0) is 47.9 Å². The van der Waals surface area contributed by atoms with Crippen LogP contribution in [0.2, 0.25) is 0 Å². The summed E-state index contributed by atoms with van der Waals surface area (Å²) in [6, 6.07) is 10.0. The average Bonchev–Trinajstić information content (AvgIpc) is 2.85. The minimum Gasteiger partial charge on any atom is -0.380 e. The number of nitrogens with zero attached hydrogens (tertiary/aromatic N) is 1. The van der Waals surface area contributed by atoms with E-state index in [9.17, 15) is 5.11 Å². The lowest BCUT2D eigenvalue weighted by Crippen LogP contribution is -2.22. The highest BCUT2D eigenvalue weighted by Crippen LogP contribution is 2.37. The van der Waals surface area contributed by atoms with Crippen molar-refractivity contribution in [3.05, 3.63) is 64.1 Å². The van der Waals surface area contributed by atoms with E-state index in [1.165, 1.54) is 0 Å². The van der Waals surface area contributed by atoms with Crippen molar-refractivity contribution in [3.8, 4) is 0 Å². The summed E-state index contributed by atoms with van der Waals surface area (Å²) in [5.74, 6) is 0. The van der Waals surface area contributed by atoms with Crippen LogP contribution >= 0.6 is 11.3 Å². The minimum atomic E-state index is -0.985. The summed E-state index contributed by atoms with van der Waals surface area (Å²) >= 11 is 1.59. The summed E-state index contributed by atoms with van der Waals surface area (Å²) < 4.78 is 0. The van der Waals surface area contributed by atoms with Crippen LogP contribution < -0.4 is 0 Å². The molecular weight excluding hydrogens is 254 g/mol. The van der Waals surface area contributed by atoms with Crippen molar-refractivity contribution in [1.82, 2.24) is 4.98 Å². The van der Waals surface area contributed by atoms with E-state index in [-0.39, 0.29) is 0 Å². The summed E-state index contributed by atoms with van der Waals surface area (Å²) in [5.41, 5.74) is 1.04. The second kappa shape index (κ2) is 4.44. The molecule has 1 N–H and O–H groups in total. The van der Waals surface area contributed by atoms with Gasteiger partial charge in [0, 0.05) is 22.7 Å². The van der Waals surface area contributed by atoms with Gasteiger partial charge >= 0.3 is 0 Å². The van der Waals surface area contributed by atoms with E-state index in [0.29, 0.717) is 0 Å². The number of aryl methyl sites for hydroxylation is 1. The Morgan fingerprint density at radius 1 is 1.21 bits per heavy atom. The molecule has 0 bridgehead atoms. The zero-order chi connectivity index (χ0) is 13.5. The number of thiophene rings is 1. The molecule has 2 aromatic heterocycles. The number of hydrogen-bond donors (Lipinski definition) is 1. The van der Waals surface area contributed by atoms with Crippen LogP contribution in [0.3, 0.4) is 0 Å². The molecule has 0 amide bonds. The monoisotopic (exact) mass is 269 g/mol. The van der Waals surface area contributed by atoms with Crippen molar-refractivity contribution >= 4 is 22.1 Å². The first-order valence-corrected chi connectivity index (χ1v) is 7.09. The van der Waals surface area contributed by atoms with Gasteiger partial charge in [0.25, 0.3) is 0 Å². The molecule has 0 aliphatic carbocycles. The Hall–Kier alpha value is -1.71. The maximum Gasteiger partial charge on any atom is 0.122 e. The highest BCUT2D eigenvalue weighted by atomic mass is 32.1. The van der Waals surface area contributed by atoms with Gasteiger partial charge in [-0.2, -0.15) is 0 Å². The van der Waals surface area contributed by atoms with Gasteiger partial charge in [0.15, 0.2) is 0 Å². The Morgan fingerprint density at radius 2 is 2.05 bits per heavy atom. The van der Waals surface area contributed by atoms with Gasteiger partial charge in [-0.1, -0.05) is 18.2 Å². The summed E-state index contributed by atoms with van der Waals surface area (Å²) in [5, 5.41) is 15.1. The molecule has 3 heteroatoms. The molecule has 1 aromatic carbocycles. The number of benzene rings is 1. The Balaban J connectivity index is 2.27. The van der Waals surface area contributed by atoms with Gasteiger partial charge in [-0.15, -0.1) is 11.3 Å². The quantitative estimate of drug-likeness (QED) is 0.766. The summed E-state index contributed by atoms with van der Waals surface area (Å²) in [6.45, 7) is 3.89. The molecule has 0 fully saturated rings. The molecule has 0 radical (unpaired) electrons. The number of rotatable bonds is 2. The minimum absolute atomic E-state index is 0.906. The number of aliphatic hydroxyl groups is 1. The van der Waals surface area contributed by atoms with Gasteiger partial charge in [0.05, 0.1) is 0 Å². The maximum absolute atomic E-state index is 11.0. The van der Waals surface area contributed by atoms with Crippen molar-refractivity contribution < 1.29 is 5.11 Å². The lowest BCUT2D eigenvalue weighted by Gasteiger charge is -2.25. The van der Waals surface area contributed by atoms with Crippen molar-refractivity contribution in [2.45, 2.75) is 19.4 Å². The molecular formula is C16H15NOS. The predicted molar refractivity (Wildman–Crippen MR) is 79.5 cm³/mol. The van der Waals surface area contributed by atoms with Crippen LogP contribution in [0, 0.1) is 6.92 Å². The molecule has 1 unspecified atom stereocenters.